The van der Waals surface area contributed by atoms with Gasteiger partial charge in [-0.2, -0.15) is 0 Å². The van der Waals surface area contributed by atoms with Gasteiger partial charge in [-0.3, -0.25) is 0 Å². The Morgan fingerprint density at radius 1 is 1.47 bits per heavy atom. The van der Waals surface area contributed by atoms with E-state index in [1.54, 1.807) is 18.2 Å². The predicted octanol–water partition coefficient (Wildman–Crippen LogP) is 3.50. The first-order valence-electron chi connectivity index (χ1n) is 4.23. The van der Waals surface area contributed by atoms with Crippen LogP contribution in [0.3, 0.4) is 0 Å². The topological polar surface area (TPSA) is 35.2 Å². The average molecular weight is 267 g/mol. The van der Waals surface area contributed by atoms with Gasteiger partial charge >= 0.3 is 0 Å². The highest BCUT2D eigenvalue weighted by atomic mass is 35.5. The summed E-state index contributed by atoms with van der Waals surface area (Å²) in [5.41, 5.74) is 7.64. The van der Waals surface area contributed by atoms with Gasteiger partial charge in [-0.15, -0.1) is 0 Å². The SMILES string of the molecule is NCc1cc(Cl)ccc1OCC(Cl)=CCl. The zero-order valence-electron chi connectivity index (χ0n) is 7.84. The van der Waals surface area contributed by atoms with E-state index in [2.05, 4.69) is 0 Å². The summed E-state index contributed by atoms with van der Waals surface area (Å²) in [5, 5.41) is 1.05. The summed E-state index contributed by atoms with van der Waals surface area (Å²) in [7, 11) is 0. The van der Waals surface area contributed by atoms with Crippen molar-refractivity contribution in [2.24, 2.45) is 5.73 Å². The molecule has 5 heteroatoms. The monoisotopic (exact) mass is 265 g/mol. The third kappa shape index (κ3) is 3.92. The number of nitrogens with two attached hydrogens (primary N) is 1. The molecular weight excluding hydrogens is 256 g/mol. The summed E-state index contributed by atoms with van der Waals surface area (Å²) in [6.45, 7) is 0.581. The summed E-state index contributed by atoms with van der Waals surface area (Å²) in [5.74, 6) is 0.665. The van der Waals surface area contributed by atoms with Crippen molar-refractivity contribution in [3.05, 3.63) is 39.4 Å². The summed E-state index contributed by atoms with van der Waals surface area (Å²) in [4.78, 5) is 0. The molecule has 0 radical (unpaired) electrons. The Bertz CT molecular complexity index is 366. The van der Waals surface area contributed by atoms with Crippen molar-refractivity contribution in [1.29, 1.82) is 0 Å². The Kier molecular flexibility index (Phi) is 5.26. The van der Waals surface area contributed by atoms with Gasteiger partial charge in [-0.1, -0.05) is 34.8 Å². The van der Waals surface area contributed by atoms with Crippen LogP contribution in [0.4, 0.5) is 0 Å². The number of hydrogen-bond donors (Lipinski definition) is 1. The molecule has 0 aliphatic heterocycles. The molecule has 0 amide bonds. The van der Waals surface area contributed by atoms with Crippen LogP contribution in [0.1, 0.15) is 5.56 Å². The molecule has 0 aliphatic carbocycles. The second kappa shape index (κ2) is 6.23. The first kappa shape index (κ1) is 12.7. The van der Waals surface area contributed by atoms with E-state index >= 15 is 0 Å². The van der Waals surface area contributed by atoms with Gasteiger partial charge < -0.3 is 10.5 Å². The minimum atomic E-state index is 0.222. The zero-order valence-corrected chi connectivity index (χ0v) is 10.1. The highest BCUT2D eigenvalue weighted by Gasteiger charge is 2.03. The van der Waals surface area contributed by atoms with Crippen molar-refractivity contribution in [1.82, 2.24) is 0 Å². The van der Waals surface area contributed by atoms with Crippen molar-refractivity contribution < 1.29 is 4.74 Å². The van der Waals surface area contributed by atoms with Crippen molar-refractivity contribution >= 4 is 34.8 Å². The Morgan fingerprint density at radius 2 is 2.20 bits per heavy atom. The van der Waals surface area contributed by atoms with Crippen molar-refractivity contribution in [2.75, 3.05) is 6.61 Å². The quantitative estimate of drug-likeness (QED) is 0.905. The standard InChI is InChI=1S/C10H10Cl3NO/c11-4-9(13)6-15-10-2-1-8(12)3-7(10)5-14/h1-4H,5-6,14H2. The van der Waals surface area contributed by atoms with Gasteiger partial charge in [0.05, 0.1) is 5.03 Å². The smallest absolute Gasteiger partial charge is 0.125 e. The molecule has 15 heavy (non-hydrogen) atoms. The maximum atomic E-state index is 5.82. The van der Waals surface area contributed by atoms with E-state index in [1.807, 2.05) is 0 Å². The van der Waals surface area contributed by atoms with Crippen LogP contribution in [0.2, 0.25) is 5.02 Å². The van der Waals surface area contributed by atoms with Crippen LogP contribution < -0.4 is 10.5 Å². The fraction of sp³-hybridized carbons (Fsp3) is 0.200. The van der Waals surface area contributed by atoms with Gasteiger partial charge in [0.15, 0.2) is 0 Å². The molecule has 1 rings (SSSR count). The van der Waals surface area contributed by atoms with Gasteiger partial charge in [-0.25, -0.2) is 0 Å². The molecule has 0 unspecified atom stereocenters. The Morgan fingerprint density at radius 3 is 2.80 bits per heavy atom. The first-order valence-corrected chi connectivity index (χ1v) is 5.42. The third-order valence-electron chi connectivity index (χ3n) is 1.73. The molecule has 82 valence electrons. The molecule has 0 aromatic heterocycles. The second-order valence-electron chi connectivity index (χ2n) is 2.80. The lowest BCUT2D eigenvalue weighted by molar-refractivity contribution is 0.355. The highest BCUT2D eigenvalue weighted by molar-refractivity contribution is 6.36. The lowest BCUT2D eigenvalue weighted by Gasteiger charge is -2.09. The lowest BCUT2D eigenvalue weighted by atomic mass is 10.2. The molecular formula is C10H10Cl3NO. The number of hydrogen-bond acceptors (Lipinski definition) is 2. The van der Waals surface area contributed by atoms with Crippen LogP contribution in [0.5, 0.6) is 5.75 Å². The van der Waals surface area contributed by atoms with E-state index in [-0.39, 0.29) is 6.61 Å². The van der Waals surface area contributed by atoms with E-state index < -0.39 is 0 Å². The normalized spacial score (nSPS) is 11.6. The maximum absolute atomic E-state index is 5.82. The van der Waals surface area contributed by atoms with Crippen LogP contribution in [0.15, 0.2) is 28.8 Å². The summed E-state index contributed by atoms with van der Waals surface area (Å²) < 4.78 is 5.41. The van der Waals surface area contributed by atoms with Crippen molar-refractivity contribution in [3.63, 3.8) is 0 Å². The molecule has 0 aliphatic rings. The maximum Gasteiger partial charge on any atom is 0.125 e. The molecule has 0 saturated heterocycles. The molecule has 0 heterocycles. The third-order valence-corrected chi connectivity index (χ3v) is 2.55. The van der Waals surface area contributed by atoms with Gasteiger partial charge in [0.25, 0.3) is 0 Å². The van der Waals surface area contributed by atoms with E-state index in [1.165, 1.54) is 5.54 Å². The number of benzene rings is 1. The number of ether oxygens (including phenoxy) is 1. The Labute approximate surface area is 104 Å². The molecule has 0 saturated carbocycles. The first-order chi connectivity index (χ1) is 7.17. The highest BCUT2D eigenvalue weighted by Crippen LogP contribution is 2.23. The molecule has 0 spiro atoms. The minimum absolute atomic E-state index is 0.222. The Balaban J connectivity index is 2.76. The molecule has 2 nitrogen and oxygen atoms in total. The second-order valence-corrected chi connectivity index (χ2v) is 3.94. The van der Waals surface area contributed by atoms with Crippen molar-refractivity contribution in [2.45, 2.75) is 6.54 Å². The summed E-state index contributed by atoms with van der Waals surface area (Å²) in [6, 6.07) is 5.24. The van der Waals surface area contributed by atoms with E-state index in [0.29, 0.717) is 22.3 Å². The predicted molar refractivity (Wildman–Crippen MR) is 64.6 cm³/mol. The molecule has 0 fully saturated rings. The fourth-order valence-electron chi connectivity index (χ4n) is 1.03. The fourth-order valence-corrected chi connectivity index (χ4v) is 1.34. The van der Waals surface area contributed by atoms with Crippen LogP contribution in [0, 0.1) is 0 Å². The van der Waals surface area contributed by atoms with Gasteiger partial charge in [-0.05, 0) is 18.2 Å². The van der Waals surface area contributed by atoms with Gasteiger partial charge in [0, 0.05) is 22.7 Å². The van der Waals surface area contributed by atoms with Crippen LogP contribution in [-0.4, -0.2) is 6.61 Å². The van der Waals surface area contributed by atoms with E-state index in [4.69, 9.17) is 45.3 Å². The van der Waals surface area contributed by atoms with Crippen LogP contribution in [0.25, 0.3) is 0 Å². The lowest BCUT2D eigenvalue weighted by Crippen LogP contribution is -2.03. The van der Waals surface area contributed by atoms with E-state index in [0.717, 1.165) is 5.56 Å². The molecule has 1 aromatic carbocycles. The van der Waals surface area contributed by atoms with Crippen molar-refractivity contribution in [3.8, 4) is 5.75 Å². The zero-order chi connectivity index (χ0) is 11.3. The largest absolute Gasteiger partial charge is 0.488 e. The molecule has 1 aromatic rings. The number of rotatable bonds is 4. The van der Waals surface area contributed by atoms with Crippen LogP contribution in [-0.2, 0) is 6.54 Å². The summed E-state index contributed by atoms with van der Waals surface area (Å²) >= 11 is 16.9. The molecule has 0 bridgehead atoms. The molecule has 0 atom stereocenters. The number of halogens is 3. The van der Waals surface area contributed by atoms with E-state index in [9.17, 15) is 0 Å². The summed E-state index contributed by atoms with van der Waals surface area (Å²) in [6.07, 6.45) is 0. The molecule has 2 N–H and O–H groups in total. The van der Waals surface area contributed by atoms with Gasteiger partial charge in [0.1, 0.15) is 12.4 Å². The van der Waals surface area contributed by atoms with Crippen LogP contribution >= 0.6 is 34.8 Å². The average Bonchev–Trinajstić information content (AvgIpc) is 2.26. The Hall–Kier alpha value is -0.410. The van der Waals surface area contributed by atoms with Gasteiger partial charge in [0.2, 0.25) is 0 Å². The minimum Gasteiger partial charge on any atom is -0.488 e.